The average molecular weight is 892 g/mol. The van der Waals surface area contributed by atoms with Gasteiger partial charge in [0.2, 0.25) is 0 Å². The van der Waals surface area contributed by atoms with Crippen LogP contribution >= 0.6 is 0 Å². The minimum Gasteiger partial charge on any atom is -0.462 e. The van der Waals surface area contributed by atoms with Crippen molar-refractivity contribution < 1.29 is 28.6 Å². The first-order chi connectivity index (χ1) is 30.6. The Bertz CT molecular complexity index is 978. The van der Waals surface area contributed by atoms with E-state index in [0.29, 0.717) is 19.3 Å². The zero-order valence-electron chi connectivity index (χ0n) is 43.4. The van der Waals surface area contributed by atoms with Gasteiger partial charge in [0.15, 0.2) is 6.10 Å². The molecule has 0 amide bonds. The molecule has 0 heterocycles. The van der Waals surface area contributed by atoms with Crippen molar-refractivity contribution in [2.75, 3.05) is 13.2 Å². The zero-order valence-corrected chi connectivity index (χ0v) is 43.4. The van der Waals surface area contributed by atoms with Gasteiger partial charge in [0.1, 0.15) is 13.2 Å². The van der Waals surface area contributed by atoms with Gasteiger partial charge in [0.05, 0.1) is 0 Å². The Morgan fingerprint density at radius 1 is 0.317 bits per heavy atom. The lowest BCUT2D eigenvalue weighted by Gasteiger charge is -2.18. The first-order valence-corrected chi connectivity index (χ1v) is 28.1. The Labute approximate surface area is 393 Å². The largest absolute Gasteiger partial charge is 0.462 e. The summed E-state index contributed by atoms with van der Waals surface area (Å²) < 4.78 is 16.8. The zero-order chi connectivity index (χ0) is 46.3. The number of rotatable bonds is 50. The molecule has 0 N–H and O–H groups in total. The Balaban J connectivity index is 4.22. The molecule has 0 aromatic carbocycles. The molecule has 374 valence electrons. The molecule has 6 nitrogen and oxygen atoms in total. The quantitative estimate of drug-likeness (QED) is 0.0344. The van der Waals surface area contributed by atoms with E-state index in [-0.39, 0.29) is 31.1 Å². The second kappa shape index (κ2) is 48.3. The van der Waals surface area contributed by atoms with Crippen molar-refractivity contribution in [2.45, 2.75) is 317 Å². The van der Waals surface area contributed by atoms with E-state index in [2.05, 4.69) is 41.5 Å². The highest BCUT2D eigenvalue weighted by molar-refractivity contribution is 5.71. The van der Waals surface area contributed by atoms with Crippen LogP contribution in [0.4, 0.5) is 0 Å². The Morgan fingerprint density at radius 2 is 0.556 bits per heavy atom. The molecule has 1 unspecified atom stereocenters. The van der Waals surface area contributed by atoms with E-state index >= 15 is 0 Å². The molecule has 0 saturated heterocycles. The summed E-state index contributed by atoms with van der Waals surface area (Å²) in [7, 11) is 0. The van der Waals surface area contributed by atoms with Crippen LogP contribution in [0.15, 0.2) is 0 Å². The molecule has 6 heteroatoms. The molecule has 0 aliphatic heterocycles. The van der Waals surface area contributed by atoms with E-state index in [0.717, 1.165) is 75.5 Å². The van der Waals surface area contributed by atoms with E-state index in [9.17, 15) is 14.4 Å². The number of ether oxygens (including phenoxy) is 3. The fourth-order valence-electron chi connectivity index (χ4n) is 8.61. The highest BCUT2D eigenvalue weighted by atomic mass is 16.6. The summed E-state index contributed by atoms with van der Waals surface area (Å²) in [5, 5.41) is 0. The fraction of sp³-hybridized carbons (Fsp3) is 0.947. The second-order valence-corrected chi connectivity index (χ2v) is 20.8. The van der Waals surface area contributed by atoms with Crippen LogP contribution in [-0.2, 0) is 28.6 Å². The van der Waals surface area contributed by atoms with Crippen molar-refractivity contribution in [2.24, 2.45) is 17.8 Å². The molecule has 2 atom stereocenters. The van der Waals surface area contributed by atoms with Crippen molar-refractivity contribution in [3.63, 3.8) is 0 Å². The minimum atomic E-state index is -0.764. The van der Waals surface area contributed by atoms with Gasteiger partial charge < -0.3 is 14.2 Å². The molecule has 63 heavy (non-hydrogen) atoms. The first-order valence-electron chi connectivity index (χ1n) is 28.1. The van der Waals surface area contributed by atoms with Gasteiger partial charge in [0.25, 0.3) is 0 Å². The summed E-state index contributed by atoms with van der Waals surface area (Å²) in [4.78, 5) is 38.0. The second-order valence-electron chi connectivity index (χ2n) is 20.8. The van der Waals surface area contributed by atoms with Crippen molar-refractivity contribution >= 4 is 17.9 Å². The number of carbonyl (C=O) groups excluding carboxylic acids is 3. The van der Waals surface area contributed by atoms with Gasteiger partial charge in [-0.25, -0.2) is 0 Å². The van der Waals surface area contributed by atoms with Crippen LogP contribution in [-0.4, -0.2) is 37.2 Å². The van der Waals surface area contributed by atoms with Crippen molar-refractivity contribution in [3.8, 4) is 0 Å². The topological polar surface area (TPSA) is 78.9 Å². The maximum Gasteiger partial charge on any atom is 0.306 e. The summed E-state index contributed by atoms with van der Waals surface area (Å²) in [6, 6.07) is 0. The van der Waals surface area contributed by atoms with Gasteiger partial charge in [-0.1, -0.05) is 273 Å². The molecule has 0 aromatic heterocycles. The Morgan fingerprint density at radius 3 is 0.825 bits per heavy atom. The molecule has 0 aliphatic carbocycles. The molecule has 0 bridgehead atoms. The highest BCUT2D eigenvalue weighted by Crippen LogP contribution is 2.18. The van der Waals surface area contributed by atoms with Gasteiger partial charge in [-0.05, 0) is 37.0 Å². The maximum atomic E-state index is 12.8. The number of esters is 3. The molecule has 0 aliphatic rings. The van der Waals surface area contributed by atoms with Crippen molar-refractivity contribution in [3.05, 3.63) is 0 Å². The molecular weight excluding hydrogens is 781 g/mol. The predicted octanol–water partition coefficient (Wildman–Crippen LogP) is 18.3. The monoisotopic (exact) mass is 891 g/mol. The van der Waals surface area contributed by atoms with E-state index in [1.54, 1.807) is 0 Å². The summed E-state index contributed by atoms with van der Waals surface area (Å²) in [6.45, 7) is 13.7. The standard InChI is InChI=1S/C57H110O6/c1-7-53(6)45-39-33-29-30-35-41-47-56(59)62-50-54(63-57(60)48-42-36-28-24-20-16-18-22-26-32-38-44-52(4)5)49-61-55(58)46-40-34-27-23-19-15-13-11-9-8-10-12-14-17-21-25-31-37-43-51(2)3/h51-54H,7-50H2,1-6H3/t53?,54-/m0/s1. The van der Waals surface area contributed by atoms with Crippen molar-refractivity contribution in [1.29, 1.82) is 0 Å². The van der Waals surface area contributed by atoms with E-state index in [4.69, 9.17) is 14.2 Å². The van der Waals surface area contributed by atoms with Crippen LogP contribution in [0.5, 0.6) is 0 Å². The number of unbranched alkanes of at least 4 members (excludes halogenated alkanes) is 32. The molecule has 0 rings (SSSR count). The molecule has 0 fully saturated rings. The van der Waals surface area contributed by atoms with Crippen LogP contribution in [0.3, 0.4) is 0 Å². The number of carbonyl (C=O) groups is 3. The lowest BCUT2D eigenvalue weighted by atomic mass is 10.00. The van der Waals surface area contributed by atoms with E-state index in [1.165, 1.54) is 193 Å². The van der Waals surface area contributed by atoms with Crippen LogP contribution in [0.1, 0.15) is 311 Å². The summed E-state index contributed by atoms with van der Waals surface area (Å²) in [5.74, 6) is 1.65. The Hall–Kier alpha value is -1.59. The highest BCUT2D eigenvalue weighted by Gasteiger charge is 2.19. The van der Waals surface area contributed by atoms with Gasteiger partial charge in [0, 0.05) is 19.3 Å². The fourth-order valence-corrected chi connectivity index (χ4v) is 8.61. The van der Waals surface area contributed by atoms with Crippen LogP contribution in [0, 0.1) is 17.8 Å². The summed E-state index contributed by atoms with van der Waals surface area (Å²) in [5.41, 5.74) is 0. The van der Waals surface area contributed by atoms with E-state index < -0.39 is 6.10 Å². The summed E-state index contributed by atoms with van der Waals surface area (Å²) in [6.07, 6.45) is 49.6. The lowest BCUT2D eigenvalue weighted by Crippen LogP contribution is -2.30. The number of hydrogen-bond acceptors (Lipinski definition) is 6. The van der Waals surface area contributed by atoms with Crippen LogP contribution in [0.2, 0.25) is 0 Å². The number of hydrogen-bond donors (Lipinski definition) is 0. The molecule has 0 radical (unpaired) electrons. The molecular formula is C57H110O6. The third-order valence-electron chi connectivity index (χ3n) is 13.3. The third kappa shape index (κ3) is 49.7. The smallest absolute Gasteiger partial charge is 0.306 e. The average Bonchev–Trinajstić information content (AvgIpc) is 3.25. The molecule has 0 aromatic rings. The van der Waals surface area contributed by atoms with Crippen LogP contribution < -0.4 is 0 Å². The SMILES string of the molecule is CCC(C)CCCCCCCCC(=O)OC[C@H](COC(=O)CCCCCCCCCCCCCCCCCCCCC(C)C)OC(=O)CCCCCCCCCCCCCC(C)C. The maximum absolute atomic E-state index is 12.8. The first kappa shape index (κ1) is 61.4. The molecule has 0 spiro atoms. The van der Waals surface area contributed by atoms with Gasteiger partial charge in [-0.2, -0.15) is 0 Å². The summed E-state index contributed by atoms with van der Waals surface area (Å²) >= 11 is 0. The van der Waals surface area contributed by atoms with Crippen LogP contribution in [0.25, 0.3) is 0 Å². The minimum absolute atomic E-state index is 0.0646. The molecule has 0 saturated carbocycles. The van der Waals surface area contributed by atoms with Gasteiger partial charge in [-0.15, -0.1) is 0 Å². The third-order valence-corrected chi connectivity index (χ3v) is 13.3. The normalized spacial score (nSPS) is 12.6. The van der Waals surface area contributed by atoms with E-state index in [1.807, 2.05) is 0 Å². The van der Waals surface area contributed by atoms with Gasteiger partial charge in [-0.3, -0.25) is 14.4 Å². The predicted molar refractivity (Wildman–Crippen MR) is 270 cm³/mol. The lowest BCUT2D eigenvalue weighted by molar-refractivity contribution is -0.167. The van der Waals surface area contributed by atoms with Crippen molar-refractivity contribution in [1.82, 2.24) is 0 Å². The Kier molecular flexibility index (Phi) is 47.1. The van der Waals surface area contributed by atoms with Gasteiger partial charge >= 0.3 is 17.9 Å².